The molecule has 5 nitrogen and oxygen atoms in total. The lowest BCUT2D eigenvalue weighted by Crippen LogP contribution is -2.15. The predicted octanol–water partition coefficient (Wildman–Crippen LogP) is 2.55. The second kappa shape index (κ2) is 5.62. The summed E-state index contributed by atoms with van der Waals surface area (Å²) in [5.74, 6) is 0.819. The molecule has 1 saturated carbocycles. The molecule has 104 valence electrons. The van der Waals surface area contributed by atoms with Gasteiger partial charge in [-0.05, 0) is 25.0 Å². The van der Waals surface area contributed by atoms with E-state index in [1.807, 2.05) is 0 Å². The Bertz CT molecular complexity index is 626. The van der Waals surface area contributed by atoms with Crippen LogP contribution in [-0.2, 0) is 4.79 Å². The van der Waals surface area contributed by atoms with Gasteiger partial charge in [-0.15, -0.1) is 5.10 Å². The summed E-state index contributed by atoms with van der Waals surface area (Å²) in [4.78, 5) is 16.0. The minimum atomic E-state index is -0.445. The molecule has 0 atom stereocenters. The molecule has 0 bridgehead atoms. The summed E-state index contributed by atoms with van der Waals surface area (Å²) in [6, 6.07) is 6.08. The number of hydrogen-bond acceptors (Lipinski definition) is 4. The zero-order valence-electron chi connectivity index (χ0n) is 10.6. The van der Waals surface area contributed by atoms with Gasteiger partial charge in [-0.3, -0.25) is 9.89 Å². The number of nitrogens with zero attached hydrogens (tertiary/aromatic N) is 2. The minimum Gasteiger partial charge on any atom is -0.323 e. The topological polar surface area (TPSA) is 70.7 Å². The third kappa shape index (κ3) is 3.16. The predicted molar refractivity (Wildman–Crippen MR) is 74.1 cm³/mol. The Morgan fingerprint density at radius 2 is 2.25 bits per heavy atom. The molecule has 2 N–H and O–H groups in total. The van der Waals surface area contributed by atoms with Crippen LogP contribution < -0.4 is 5.32 Å². The fourth-order valence-electron chi connectivity index (χ4n) is 1.74. The van der Waals surface area contributed by atoms with Crippen LogP contribution in [-0.4, -0.2) is 26.8 Å². The molecule has 1 amide bonds. The number of benzene rings is 1. The van der Waals surface area contributed by atoms with Crippen molar-refractivity contribution < 1.29 is 9.18 Å². The summed E-state index contributed by atoms with van der Waals surface area (Å²) >= 11 is 1.23. The number of hydrogen-bond donors (Lipinski definition) is 2. The van der Waals surface area contributed by atoms with Crippen LogP contribution in [0, 0.1) is 5.82 Å². The highest BCUT2D eigenvalue weighted by molar-refractivity contribution is 7.99. The summed E-state index contributed by atoms with van der Waals surface area (Å²) in [6.45, 7) is 0. The monoisotopic (exact) mass is 292 g/mol. The van der Waals surface area contributed by atoms with E-state index >= 15 is 0 Å². The number of halogens is 1. The molecule has 1 heterocycles. The Morgan fingerprint density at radius 1 is 1.45 bits per heavy atom. The molecular formula is C13H13FN4OS. The lowest BCUT2D eigenvalue weighted by atomic mass is 10.3. The van der Waals surface area contributed by atoms with Crippen LogP contribution in [0.2, 0.25) is 0 Å². The molecule has 0 unspecified atom stereocenters. The van der Waals surface area contributed by atoms with E-state index in [4.69, 9.17) is 0 Å². The van der Waals surface area contributed by atoms with E-state index in [1.54, 1.807) is 12.1 Å². The summed E-state index contributed by atoms with van der Waals surface area (Å²) in [5, 5.41) is 10.00. The molecule has 3 rings (SSSR count). The van der Waals surface area contributed by atoms with Crippen molar-refractivity contribution in [3.05, 3.63) is 35.9 Å². The summed E-state index contributed by atoms with van der Waals surface area (Å²) in [7, 11) is 0. The Morgan fingerprint density at radius 3 is 3.00 bits per heavy atom. The lowest BCUT2D eigenvalue weighted by molar-refractivity contribution is -0.113. The van der Waals surface area contributed by atoms with Crippen molar-refractivity contribution in [3.63, 3.8) is 0 Å². The maximum absolute atomic E-state index is 13.4. The van der Waals surface area contributed by atoms with Gasteiger partial charge in [0.1, 0.15) is 11.6 Å². The highest BCUT2D eigenvalue weighted by Crippen LogP contribution is 2.38. The lowest BCUT2D eigenvalue weighted by Gasteiger charge is -2.04. The van der Waals surface area contributed by atoms with E-state index in [-0.39, 0.29) is 17.3 Å². The molecular weight excluding hydrogens is 279 g/mol. The highest BCUT2D eigenvalue weighted by Gasteiger charge is 2.27. The number of aromatic amines is 1. The molecule has 7 heteroatoms. The van der Waals surface area contributed by atoms with Crippen LogP contribution in [0.1, 0.15) is 24.6 Å². The molecule has 1 aromatic carbocycles. The number of amides is 1. The zero-order chi connectivity index (χ0) is 13.9. The molecule has 1 aromatic heterocycles. The van der Waals surface area contributed by atoms with Crippen LogP contribution in [0.3, 0.4) is 0 Å². The van der Waals surface area contributed by atoms with Crippen LogP contribution in [0.25, 0.3) is 0 Å². The number of aromatic nitrogens is 3. The van der Waals surface area contributed by atoms with Gasteiger partial charge in [0.25, 0.3) is 0 Å². The number of nitrogens with one attached hydrogen (secondary N) is 2. The molecule has 0 spiro atoms. The average molecular weight is 292 g/mol. The van der Waals surface area contributed by atoms with Crippen LogP contribution in [0.4, 0.5) is 10.1 Å². The van der Waals surface area contributed by atoms with Crippen molar-refractivity contribution in [2.75, 3.05) is 11.1 Å². The molecule has 1 aliphatic carbocycles. The first kappa shape index (κ1) is 13.1. The minimum absolute atomic E-state index is 0.149. The van der Waals surface area contributed by atoms with Gasteiger partial charge in [0, 0.05) is 5.92 Å². The van der Waals surface area contributed by atoms with Crippen molar-refractivity contribution in [2.24, 2.45) is 0 Å². The second-order valence-corrected chi connectivity index (χ2v) is 5.54. The summed E-state index contributed by atoms with van der Waals surface area (Å²) in [5.41, 5.74) is 0.187. The van der Waals surface area contributed by atoms with Gasteiger partial charge < -0.3 is 5.32 Å². The molecule has 0 saturated heterocycles. The number of para-hydroxylation sites is 1. The van der Waals surface area contributed by atoms with Gasteiger partial charge >= 0.3 is 0 Å². The normalized spacial score (nSPS) is 14.2. The van der Waals surface area contributed by atoms with Crippen molar-refractivity contribution >= 4 is 23.4 Å². The Balaban J connectivity index is 1.52. The number of thioether (sulfide) groups is 1. The van der Waals surface area contributed by atoms with Gasteiger partial charge in [-0.1, -0.05) is 23.9 Å². The van der Waals surface area contributed by atoms with Crippen LogP contribution in [0.15, 0.2) is 29.4 Å². The van der Waals surface area contributed by atoms with E-state index in [9.17, 15) is 9.18 Å². The average Bonchev–Trinajstić information content (AvgIpc) is 3.18. The third-order valence-corrected chi connectivity index (χ3v) is 3.77. The second-order valence-electron chi connectivity index (χ2n) is 4.59. The van der Waals surface area contributed by atoms with Gasteiger partial charge in [-0.2, -0.15) is 0 Å². The fourth-order valence-corrected chi connectivity index (χ4v) is 2.35. The van der Waals surface area contributed by atoms with Gasteiger partial charge in [0.15, 0.2) is 0 Å². The van der Waals surface area contributed by atoms with E-state index in [0.29, 0.717) is 11.1 Å². The van der Waals surface area contributed by atoms with Gasteiger partial charge in [0.05, 0.1) is 11.4 Å². The summed E-state index contributed by atoms with van der Waals surface area (Å²) in [6.07, 6.45) is 2.29. The molecule has 0 aliphatic heterocycles. The fraction of sp³-hybridized carbons (Fsp3) is 0.308. The molecule has 20 heavy (non-hydrogen) atoms. The number of H-pyrrole nitrogens is 1. The Hall–Kier alpha value is -1.89. The SMILES string of the molecule is O=C(CSc1n[nH]c(C2CC2)n1)Nc1ccccc1F. The zero-order valence-corrected chi connectivity index (χ0v) is 11.4. The van der Waals surface area contributed by atoms with E-state index in [1.165, 1.54) is 23.9 Å². The first-order valence-electron chi connectivity index (χ1n) is 6.32. The number of carbonyl (C=O) groups is 1. The maximum atomic E-state index is 13.4. The van der Waals surface area contributed by atoms with Crippen LogP contribution >= 0.6 is 11.8 Å². The van der Waals surface area contributed by atoms with Crippen molar-refractivity contribution in [1.82, 2.24) is 15.2 Å². The standard InChI is InChI=1S/C13H13FN4OS/c14-9-3-1-2-4-10(9)15-11(19)7-20-13-16-12(17-18-13)8-5-6-8/h1-4,8H,5-7H2,(H,15,19)(H,16,17,18). The van der Waals surface area contributed by atoms with E-state index in [0.717, 1.165) is 18.7 Å². The van der Waals surface area contributed by atoms with E-state index in [2.05, 4.69) is 20.5 Å². The molecule has 2 aromatic rings. The van der Waals surface area contributed by atoms with E-state index < -0.39 is 5.82 Å². The number of rotatable bonds is 5. The molecule has 0 radical (unpaired) electrons. The quantitative estimate of drug-likeness (QED) is 0.831. The number of anilines is 1. The largest absolute Gasteiger partial charge is 0.323 e. The van der Waals surface area contributed by atoms with Crippen LogP contribution in [0.5, 0.6) is 0 Å². The Labute approximate surface area is 119 Å². The Kier molecular flexibility index (Phi) is 3.68. The van der Waals surface area contributed by atoms with Crippen molar-refractivity contribution in [1.29, 1.82) is 0 Å². The van der Waals surface area contributed by atoms with Gasteiger partial charge in [-0.25, -0.2) is 9.37 Å². The highest BCUT2D eigenvalue weighted by atomic mass is 32.2. The number of carbonyl (C=O) groups excluding carboxylic acids is 1. The smallest absolute Gasteiger partial charge is 0.234 e. The van der Waals surface area contributed by atoms with Crippen molar-refractivity contribution in [3.8, 4) is 0 Å². The first-order chi connectivity index (χ1) is 9.72. The van der Waals surface area contributed by atoms with Crippen molar-refractivity contribution in [2.45, 2.75) is 23.9 Å². The first-order valence-corrected chi connectivity index (χ1v) is 7.30. The molecule has 1 aliphatic rings. The maximum Gasteiger partial charge on any atom is 0.234 e. The third-order valence-electron chi connectivity index (χ3n) is 2.93. The summed E-state index contributed by atoms with van der Waals surface area (Å²) < 4.78 is 13.4. The molecule has 1 fully saturated rings. The van der Waals surface area contributed by atoms with Gasteiger partial charge in [0.2, 0.25) is 11.1 Å².